The number of aromatic amines is 1. The molecule has 1 atom stereocenters. The van der Waals surface area contributed by atoms with Crippen LogP contribution in [0.3, 0.4) is 0 Å². The minimum Gasteiger partial charge on any atom is -0.491 e. The van der Waals surface area contributed by atoms with Crippen LogP contribution in [0.1, 0.15) is 43.0 Å². The Morgan fingerprint density at radius 1 is 1.14 bits per heavy atom. The molecule has 0 radical (unpaired) electrons. The van der Waals surface area contributed by atoms with Gasteiger partial charge in [0.25, 0.3) is 0 Å². The maximum atomic E-state index is 5.94. The van der Waals surface area contributed by atoms with Gasteiger partial charge in [-0.15, -0.1) is 17.0 Å². The second kappa shape index (κ2) is 9.64. The van der Waals surface area contributed by atoms with E-state index in [1.165, 1.54) is 27.6 Å². The predicted molar refractivity (Wildman–Crippen MR) is 127 cm³/mol. The number of halogens is 1. The van der Waals surface area contributed by atoms with Gasteiger partial charge in [0.1, 0.15) is 5.75 Å². The van der Waals surface area contributed by atoms with Crippen LogP contribution in [0.2, 0.25) is 0 Å². The van der Waals surface area contributed by atoms with E-state index in [1.807, 2.05) is 0 Å². The first-order valence-corrected chi connectivity index (χ1v) is 10.3. The highest BCUT2D eigenvalue weighted by Crippen LogP contribution is 2.35. The first-order chi connectivity index (χ1) is 13.6. The van der Waals surface area contributed by atoms with E-state index in [1.54, 1.807) is 0 Å². The molecule has 0 spiro atoms. The normalized spacial score (nSPS) is 16.9. The summed E-state index contributed by atoms with van der Waals surface area (Å²) in [5.41, 5.74) is 5.38. The molecule has 0 fully saturated rings. The number of H-pyrrole nitrogens is 1. The topological polar surface area (TPSA) is 28.3 Å². The maximum absolute atomic E-state index is 5.94. The Kier molecular flexibility index (Phi) is 7.20. The molecule has 1 N–H and O–H groups in total. The Morgan fingerprint density at radius 2 is 1.97 bits per heavy atom. The molecule has 1 unspecified atom stereocenters. The van der Waals surface area contributed by atoms with Gasteiger partial charge in [0, 0.05) is 36.2 Å². The number of rotatable bonds is 6. The van der Waals surface area contributed by atoms with Crippen molar-refractivity contribution < 1.29 is 4.74 Å². The molecule has 0 saturated heterocycles. The van der Waals surface area contributed by atoms with Gasteiger partial charge in [-0.2, -0.15) is 0 Å². The van der Waals surface area contributed by atoms with E-state index in [4.69, 9.17) is 4.74 Å². The Balaban J connectivity index is 0.00000240. The van der Waals surface area contributed by atoms with Crippen molar-refractivity contribution in [2.24, 2.45) is 0 Å². The molecule has 29 heavy (non-hydrogen) atoms. The number of aryl methyl sites for hydroxylation is 1. The van der Waals surface area contributed by atoms with Crippen LogP contribution < -0.4 is 4.74 Å². The SMILES string of the molecule is Br.Cc1ccccc1CCN1CC=CCC1c1c[nH]c2ccc(OC(C)C)cc12. The standard InChI is InChI=1S/C25H30N2O.BrH/c1-18(2)28-21-11-12-24-22(16-21)23(17-26-24)25-10-6-7-14-27(25)15-13-20-9-5-4-8-19(20)3;/h4-9,11-12,16-18,25-26H,10,13-15H2,1-3H3;1H. The van der Waals surface area contributed by atoms with Gasteiger partial charge in [0.15, 0.2) is 0 Å². The van der Waals surface area contributed by atoms with Gasteiger partial charge in [-0.1, -0.05) is 36.4 Å². The molecule has 0 saturated carbocycles. The number of ether oxygens (including phenoxy) is 1. The lowest BCUT2D eigenvalue weighted by molar-refractivity contribution is 0.214. The second-order valence-electron chi connectivity index (χ2n) is 8.01. The number of nitrogens with zero attached hydrogens (tertiary/aromatic N) is 1. The van der Waals surface area contributed by atoms with E-state index in [0.29, 0.717) is 6.04 Å². The van der Waals surface area contributed by atoms with Crippen molar-refractivity contribution in [2.75, 3.05) is 13.1 Å². The molecular formula is C25H31BrN2O. The molecule has 2 heterocycles. The summed E-state index contributed by atoms with van der Waals surface area (Å²) in [6.45, 7) is 8.42. The summed E-state index contributed by atoms with van der Waals surface area (Å²) in [5.74, 6) is 0.946. The maximum Gasteiger partial charge on any atom is 0.120 e. The third-order valence-corrected chi connectivity index (χ3v) is 5.65. The van der Waals surface area contributed by atoms with Crippen LogP contribution >= 0.6 is 17.0 Å². The number of fused-ring (bicyclic) bond motifs is 1. The zero-order chi connectivity index (χ0) is 19.5. The van der Waals surface area contributed by atoms with E-state index in [9.17, 15) is 0 Å². The van der Waals surface area contributed by atoms with E-state index in [0.717, 1.165) is 31.7 Å². The summed E-state index contributed by atoms with van der Waals surface area (Å²) in [4.78, 5) is 6.07. The monoisotopic (exact) mass is 454 g/mol. The highest BCUT2D eigenvalue weighted by Gasteiger charge is 2.24. The molecule has 0 aliphatic carbocycles. The van der Waals surface area contributed by atoms with Gasteiger partial charge in [-0.3, -0.25) is 4.90 Å². The summed E-state index contributed by atoms with van der Waals surface area (Å²) in [5, 5.41) is 1.28. The van der Waals surface area contributed by atoms with Gasteiger partial charge in [-0.25, -0.2) is 0 Å². The van der Waals surface area contributed by atoms with E-state index in [2.05, 4.69) is 91.5 Å². The fourth-order valence-electron chi connectivity index (χ4n) is 4.18. The molecule has 154 valence electrons. The number of hydrogen-bond donors (Lipinski definition) is 1. The smallest absolute Gasteiger partial charge is 0.120 e. The average molecular weight is 455 g/mol. The fraction of sp³-hybridized carbons (Fsp3) is 0.360. The fourth-order valence-corrected chi connectivity index (χ4v) is 4.18. The number of aromatic nitrogens is 1. The lowest BCUT2D eigenvalue weighted by Gasteiger charge is -2.33. The summed E-state index contributed by atoms with van der Waals surface area (Å²) in [6, 6.07) is 15.5. The lowest BCUT2D eigenvalue weighted by Crippen LogP contribution is -2.33. The number of hydrogen-bond acceptors (Lipinski definition) is 2. The van der Waals surface area contributed by atoms with Gasteiger partial charge in [0.2, 0.25) is 0 Å². The van der Waals surface area contributed by atoms with Crippen LogP contribution in [-0.4, -0.2) is 29.1 Å². The van der Waals surface area contributed by atoms with Crippen molar-refractivity contribution in [2.45, 2.75) is 45.8 Å². The Morgan fingerprint density at radius 3 is 2.76 bits per heavy atom. The van der Waals surface area contributed by atoms with Crippen LogP contribution in [0.4, 0.5) is 0 Å². The number of benzene rings is 2. The predicted octanol–water partition coefficient (Wildman–Crippen LogP) is 6.39. The summed E-state index contributed by atoms with van der Waals surface area (Å²) < 4.78 is 5.94. The van der Waals surface area contributed by atoms with Crippen molar-refractivity contribution in [1.82, 2.24) is 9.88 Å². The third kappa shape index (κ3) is 4.93. The van der Waals surface area contributed by atoms with E-state index >= 15 is 0 Å². The molecule has 4 rings (SSSR count). The first kappa shape index (κ1) is 21.7. The van der Waals surface area contributed by atoms with Crippen molar-refractivity contribution in [3.63, 3.8) is 0 Å². The van der Waals surface area contributed by atoms with Crippen molar-refractivity contribution >= 4 is 27.9 Å². The quantitative estimate of drug-likeness (QED) is 0.437. The molecule has 0 amide bonds. The summed E-state index contributed by atoms with van der Waals surface area (Å²) in [6.07, 6.45) is 9.13. The van der Waals surface area contributed by atoms with E-state index in [-0.39, 0.29) is 23.1 Å². The largest absolute Gasteiger partial charge is 0.491 e. The van der Waals surface area contributed by atoms with Crippen LogP contribution in [0.25, 0.3) is 10.9 Å². The zero-order valence-corrected chi connectivity index (χ0v) is 19.2. The molecule has 3 nitrogen and oxygen atoms in total. The van der Waals surface area contributed by atoms with Crippen LogP contribution in [0.5, 0.6) is 5.75 Å². The van der Waals surface area contributed by atoms with Crippen molar-refractivity contribution in [3.05, 3.63) is 77.5 Å². The van der Waals surface area contributed by atoms with Crippen LogP contribution in [0.15, 0.2) is 60.8 Å². The highest BCUT2D eigenvalue weighted by molar-refractivity contribution is 8.93. The molecule has 1 aliphatic rings. The Labute approximate surface area is 184 Å². The minimum atomic E-state index is 0. The second-order valence-corrected chi connectivity index (χ2v) is 8.01. The highest BCUT2D eigenvalue weighted by atomic mass is 79.9. The van der Waals surface area contributed by atoms with Crippen LogP contribution in [-0.2, 0) is 6.42 Å². The van der Waals surface area contributed by atoms with Crippen LogP contribution in [0, 0.1) is 6.92 Å². The van der Waals surface area contributed by atoms with Gasteiger partial charge in [-0.05, 0) is 68.5 Å². The first-order valence-electron chi connectivity index (χ1n) is 10.3. The lowest BCUT2D eigenvalue weighted by atomic mass is 9.97. The Bertz CT molecular complexity index is 976. The summed E-state index contributed by atoms with van der Waals surface area (Å²) >= 11 is 0. The zero-order valence-electron chi connectivity index (χ0n) is 17.5. The third-order valence-electron chi connectivity index (χ3n) is 5.65. The number of nitrogens with one attached hydrogen (secondary N) is 1. The molecule has 2 aromatic carbocycles. The molecule has 3 aromatic rings. The molecular weight excluding hydrogens is 424 g/mol. The van der Waals surface area contributed by atoms with Gasteiger partial charge in [0.05, 0.1) is 6.10 Å². The summed E-state index contributed by atoms with van der Waals surface area (Å²) in [7, 11) is 0. The molecule has 4 heteroatoms. The van der Waals surface area contributed by atoms with Crippen molar-refractivity contribution in [1.29, 1.82) is 0 Å². The van der Waals surface area contributed by atoms with Gasteiger partial charge >= 0.3 is 0 Å². The molecule has 1 aromatic heterocycles. The van der Waals surface area contributed by atoms with Gasteiger partial charge < -0.3 is 9.72 Å². The van der Waals surface area contributed by atoms with E-state index < -0.39 is 0 Å². The average Bonchev–Trinajstić information content (AvgIpc) is 3.10. The Hall–Kier alpha value is -2.04. The molecule has 1 aliphatic heterocycles. The minimum absolute atomic E-state index is 0. The van der Waals surface area contributed by atoms with Crippen molar-refractivity contribution in [3.8, 4) is 5.75 Å². The molecule has 0 bridgehead atoms.